The summed E-state index contributed by atoms with van der Waals surface area (Å²) in [6.45, 7) is 12.7. The molecule has 0 unspecified atom stereocenters. The van der Waals surface area contributed by atoms with E-state index in [0.717, 1.165) is 32.1 Å². The monoisotopic (exact) mass is 392 g/mol. The van der Waals surface area contributed by atoms with Crippen molar-refractivity contribution in [1.29, 1.82) is 0 Å². The summed E-state index contributed by atoms with van der Waals surface area (Å²) in [5.74, 6) is 0. The van der Waals surface area contributed by atoms with Crippen LogP contribution in [0.4, 0.5) is 0 Å². The highest BCUT2D eigenvalue weighted by Gasteiger charge is 2.06. The van der Waals surface area contributed by atoms with Gasteiger partial charge in [-0.2, -0.15) is 0 Å². The van der Waals surface area contributed by atoms with Crippen LogP contribution < -0.4 is 0 Å². The number of carbonyl (C=O) groups is 1. The zero-order valence-corrected chi connectivity index (χ0v) is 18.5. The highest BCUT2D eigenvalue weighted by atomic mass is 16.5. The van der Waals surface area contributed by atoms with Crippen LogP contribution in [0.1, 0.15) is 57.2 Å². The fourth-order valence-corrected chi connectivity index (χ4v) is 3.05. The van der Waals surface area contributed by atoms with Gasteiger partial charge in [-0.05, 0) is 67.9 Å². The van der Waals surface area contributed by atoms with Gasteiger partial charge in [-0.1, -0.05) is 73.5 Å². The Morgan fingerprint density at radius 3 is 2.21 bits per heavy atom. The highest BCUT2D eigenvalue weighted by Crippen LogP contribution is 2.24. The van der Waals surface area contributed by atoms with Crippen molar-refractivity contribution in [2.75, 3.05) is 6.61 Å². The molecule has 0 spiro atoms. The summed E-state index contributed by atoms with van der Waals surface area (Å²) < 4.78 is 4.89. The molecular weight excluding hydrogens is 356 g/mol. The maximum absolute atomic E-state index is 10.4. The van der Waals surface area contributed by atoms with Gasteiger partial charge in [0.05, 0.1) is 6.61 Å². The maximum Gasteiger partial charge on any atom is 0.293 e. The fraction of sp³-hybridized carbons (Fsp3) is 0.370. The second-order valence-corrected chi connectivity index (χ2v) is 7.46. The summed E-state index contributed by atoms with van der Waals surface area (Å²) >= 11 is 0. The van der Waals surface area contributed by atoms with E-state index in [2.05, 4.69) is 75.0 Å². The number of ether oxygens (including phenoxy) is 1. The van der Waals surface area contributed by atoms with E-state index in [9.17, 15) is 4.79 Å². The van der Waals surface area contributed by atoms with Gasteiger partial charge in [-0.3, -0.25) is 4.79 Å². The van der Waals surface area contributed by atoms with Crippen molar-refractivity contribution in [2.24, 2.45) is 0 Å². The molecule has 0 aliphatic heterocycles. The number of allylic oxidation sites excluding steroid dienone is 3. The average Bonchev–Trinajstić information content (AvgIpc) is 2.70. The second kappa shape index (κ2) is 14.4. The SMILES string of the molecule is C/C=C/CCc1ccc(-c2ccc(CCC)c(CCOC=O)c2)cc1.C=C(C)C. The number of hydrogen-bond acceptors (Lipinski definition) is 2. The van der Waals surface area contributed by atoms with E-state index in [1.165, 1.54) is 33.4 Å². The molecule has 0 heterocycles. The lowest BCUT2D eigenvalue weighted by molar-refractivity contribution is -0.128. The van der Waals surface area contributed by atoms with Crippen molar-refractivity contribution in [3.63, 3.8) is 0 Å². The molecular formula is C27H36O2. The maximum atomic E-state index is 10.4. The molecule has 0 N–H and O–H groups in total. The largest absolute Gasteiger partial charge is 0.468 e. The number of carbonyl (C=O) groups excluding carboxylic acids is 1. The van der Waals surface area contributed by atoms with Crippen LogP contribution in [0.2, 0.25) is 0 Å². The molecule has 2 aromatic rings. The third kappa shape index (κ3) is 9.94. The van der Waals surface area contributed by atoms with E-state index in [4.69, 9.17) is 4.74 Å². The van der Waals surface area contributed by atoms with Gasteiger partial charge < -0.3 is 4.74 Å². The number of aryl methyl sites for hydroxylation is 2. The molecule has 0 amide bonds. The van der Waals surface area contributed by atoms with Gasteiger partial charge in [0, 0.05) is 6.42 Å². The predicted molar refractivity (Wildman–Crippen MR) is 125 cm³/mol. The first-order valence-electron chi connectivity index (χ1n) is 10.5. The summed E-state index contributed by atoms with van der Waals surface area (Å²) in [5.41, 5.74) is 7.61. The fourth-order valence-electron chi connectivity index (χ4n) is 3.05. The summed E-state index contributed by atoms with van der Waals surface area (Å²) in [6.07, 6.45) is 9.40. The second-order valence-electron chi connectivity index (χ2n) is 7.46. The van der Waals surface area contributed by atoms with Gasteiger partial charge in [-0.25, -0.2) is 0 Å². The van der Waals surface area contributed by atoms with Gasteiger partial charge in [0.25, 0.3) is 6.47 Å². The Bertz CT molecular complexity index is 766. The minimum Gasteiger partial charge on any atom is -0.468 e. The predicted octanol–water partition coefficient (Wildman–Crippen LogP) is 7.11. The van der Waals surface area contributed by atoms with E-state index in [1.807, 2.05) is 13.8 Å². The molecule has 0 saturated heterocycles. The Morgan fingerprint density at radius 2 is 1.62 bits per heavy atom. The van der Waals surface area contributed by atoms with Crippen LogP contribution in [0.25, 0.3) is 11.1 Å². The lowest BCUT2D eigenvalue weighted by Gasteiger charge is -2.12. The van der Waals surface area contributed by atoms with Crippen LogP contribution in [0.15, 0.2) is 66.8 Å². The van der Waals surface area contributed by atoms with Gasteiger partial charge in [0.2, 0.25) is 0 Å². The minimum absolute atomic E-state index is 0.438. The number of hydrogen-bond donors (Lipinski definition) is 0. The molecule has 0 aliphatic rings. The Morgan fingerprint density at radius 1 is 0.966 bits per heavy atom. The lowest BCUT2D eigenvalue weighted by atomic mass is 9.94. The molecule has 0 aromatic heterocycles. The van der Waals surface area contributed by atoms with Crippen molar-refractivity contribution in [2.45, 2.75) is 59.8 Å². The molecule has 29 heavy (non-hydrogen) atoms. The van der Waals surface area contributed by atoms with Crippen molar-refractivity contribution < 1.29 is 9.53 Å². The summed E-state index contributed by atoms with van der Waals surface area (Å²) in [6, 6.07) is 15.5. The molecule has 0 atom stereocenters. The zero-order valence-electron chi connectivity index (χ0n) is 18.5. The van der Waals surface area contributed by atoms with Gasteiger partial charge in [0.15, 0.2) is 0 Å². The summed E-state index contributed by atoms with van der Waals surface area (Å²) in [4.78, 5) is 10.4. The van der Waals surface area contributed by atoms with Crippen LogP contribution >= 0.6 is 0 Å². The molecule has 2 nitrogen and oxygen atoms in total. The van der Waals surface area contributed by atoms with Crippen molar-refractivity contribution >= 4 is 6.47 Å². The number of benzene rings is 2. The van der Waals surface area contributed by atoms with Crippen LogP contribution in [-0.4, -0.2) is 13.1 Å². The first kappa shape index (κ1) is 24.4. The summed E-state index contributed by atoms with van der Waals surface area (Å²) in [7, 11) is 0. The third-order valence-corrected chi connectivity index (χ3v) is 4.41. The average molecular weight is 393 g/mol. The topological polar surface area (TPSA) is 26.3 Å². The molecule has 156 valence electrons. The van der Waals surface area contributed by atoms with Crippen LogP contribution in [0, 0.1) is 0 Å². The Hall–Kier alpha value is -2.61. The van der Waals surface area contributed by atoms with E-state index in [0.29, 0.717) is 13.1 Å². The third-order valence-electron chi connectivity index (χ3n) is 4.41. The van der Waals surface area contributed by atoms with Crippen LogP contribution in [-0.2, 0) is 28.8 Å². The van der Waals surface area contributed by atoms with E-state index in [1.54, 1.807) is 0 Å². The van der Waals surface area contributed by atoms with Crippen molar-refractivity contribution in [1.82, 2.24) is 0 Å². The Labute approximate surface area is 177 Å². The van der Waals surface area contributed by atoms with E-state index < -0.39 is 0 Å². The lowest BCUT2D eigenvalue weighted by Crippen LogP contribution is -2.01. The van der Waals surface area contributed by atoms with E-state index in [-0.39, 0.29) is 0 Å². The zero-order chi connectivity index (χ0) is 21.5. The van der Waals surface area contributed by atoms with Gasteiger partial charge in [0.1, 0.15) is 0 Å². The Kier molecular flexibility index (Phi) is 12.1. The number of rotatable bonds is 10. The molecule has 2 aromatic carbocycles. The normalized spacial score (nSPS) is 10.3. The van der Waals surface area contributed by atoms with Crippen molar-refractivity contribution in [3.8, 4) is 11.1 Å². The molecule has 0 fully saturated rings. The minimum atomic E-state index is 0.438. The molecule has 0 aliphatic carbocycles. The first-order valence-corrected chi connectivity index (χ1v) is 10.5. The standard InChI is InChI=1S/C23H28O2.C4H8/c1-3-5-6-8-19-9-11-21(12-10-19)22-14-13-20(7-4-2)23(17-22)15-16-25-18-24;1-4(2)3/h3,5,9-14,17-18H,4,6-8,15-16H2,1-2H3;1H2,2-3H3/b5-3+;. The van der Waals surface area contributed by atoms with Gasteiger partial charge >= 0.3 is 0 Å². The van der Waals surface area contributed by atoms with E-state index >= 15 is 0 Å². The van der Waals surface area contributed by atoms with Gasteiger partial charge in [-0.15, -0.1) is 6.58 Å². The first-order chi connectivity index (χ1) is 14.0. The molecule has 0 bridgehead atoms. The smallest absolute Gasteiger partial charge is 0.293 e. The summed E-state index contributed by atoms with van der Waals surface area (Å²) in [5, 5.41) is 0. The quantitative estimate of drug-likeness (QED) is 0.244. The van der Waals surface area contributed by atoms with Crippen LogP contribution in [0.3, 0.4) is 0 Å². The highest BCUT2D eigenvalue weighted by molar-refractivity contribution is 5.65. The van der Waals surface area contributed by atoms with Crippen molar-refractivity contribution in [3.05, 3.63) is 83.5 Å². The molecule has 2 heteroatoms. The van der Waals surface area contributed by atoms with Crippen LogP contribution in [0.5, 0.6) is 0 Å². The molecule has 0 saturated carbocycles. The Balaban J connectivity index is 0.000000960. The molecule has 2 rings (SSSR count). The molecule has 0 radical (unpaired) electrons.